The van der Waals surface area contributed by atoms with Crippen molar-refractivity contribution in [2.24, 2.45) is 4.99 Å². The maximum absolute atomic E-state index is 14.5. The van der Waals surface area contributed by atoms with E-state index in [1.807, 2.05) is 13.0 Å². The molecule has 4 heteroatoms. The smallest absolute Gasteiger partial charge is 0.235 e. The van der Waals surface area contributed by atoms with E-state index in [9.17, 15) is 9.18 Å². The molecule has 0 spiro atoms. The molecule has 0 amide bonds. The van der Waals surface area contributed by atoms with Crippen molar-refractivity contribution in [3.63, 3.8) is 0 Å². The third-order valence-electron chi connectivity index (χ3n) is 4.37. The Morgan fingerprint density at radius 2 is 1.95 bits per heavy atom. The molecule has 21 heavy (non-hydrogen) atoms. The normalized spacial score (nSPS) is 17.4. The van der Waals surface area contributed by atoms with Gasteiger partial charge in [-0.05, 0) is 39.2 Å². The predicted molar refractivity (Wildman–Crippen MR) is 80.1 cm³/mol. The van der Waals surface area contributed by atoms with Crippen molar-refractivity contribution < 1.29 is 13.9 Å². The number of carbonyl (C=O) groups excluding carboxylic acids is 1. The Morgan fingerprint density at radius 3 is 2.43 bits per heavy atom. The summed E-state index contributed by atoms with van der Waals surface area (Å²) in [5.41, 5.74) is 0.185. The van der Waals surface area contributed by atoms with E-state index in [0.717, 1.165) is 36.8 Å². The first-order valence-corrected chi connectivity index (χ1v) is 7.32. The number of rotatable bonds is 4. The van der Waals surface area contributed by atoms with Crippen molar-refractivity contribution in [1.29, 1.82) is 0 Å². The van der Waals surface area contributed by atoms with Crippen LogP contribution >= 0.6 is 0 Å². The molecule has 0 unspecified atom stereocenters. The van der Waals surface area contributed by atoms with E-state index in [1.165, 1.54) is 13.8 Å². The Hall–Kier alpha value is -1.67. The molecule has 0 aliphatic heterocycles. The number of hydrogen-bond donors (Lipinski definition) is 0. The van der Waals surface area contributed by atoms with Crippen molar-refractivity contribution in [1.82, 2.24) is 0 Å². The van der Waals surface area contributed by atoms with E-state index in [1.54, 1.807) is 19.3 Å². The minimum atomic E-state index is -1.52. The minimum Gasteiger partial charge on any atom is -0.496 e. The molecule has 3 nitrogen and oxygen atoms in total. The van der Waals surface area contributed by atoms with Gasteiger partial charge in [0.05, 0.1) is 7.11 Å². The lowest BCUT2D eigenvalue weighted by Crippen LogP contribution is -2.24. The van der Waals surface area contributed by atoms with Crippen LogP contribution in [0.15, 0.2) is 17.1 Å². The number of alkyl halides is 1. The van der Waals surface area contributed by atoms with E-state index < -0.39 is 11.2 Å². The van der Waals surface area contributed by atoms with E-state index in [4.69, 9.17) is 4.74 Å². The molecule has 2 rings (SSSR count). The monoisotopic (exact) mass is 291 g/mol. The first-order chi connectivity index (χ1) is 9.85. The highest BCUT2D eigenvalue weighted by Crippen LogP contribution is 2.49. The SMILES string of the molecule is COc1c(C(C)(C)F)ccc(C)c1C1(N=C=O)CCCC1. The van der Waals surface area contributed by atoms with Gasteiger partial charge in [0.1, 0.15) is 17.0 Å². The topological polar surface area (TPSA) is 38.7 Å². The van der Waals surface area contributed by atoms with Gasteiger partial charge in [-0.25, -0.2) is 9.18 Å². The number of aliphatic imine (C=N–C) groups is 1. The maximum atomic E-state index is 14.5. The van der Waals surface area contributed by atoms with Gasteiger partial charge < -0.3 is 4.74 Å². The molecule has 1 saturated carbocycles. The zero-order valence-corrected chi connectivity index (χ0v) is 13.1. The molecule has 114 valence electrons. The Balaban J connectivity index is 2.75. The van der Waals surface area contributed by atoms with Gasteiger partial charge in [-0.2, -0.15) is 4.99 Å². The van der Waals surface area contributed by atoms with Crippen molar-refractivity contribution in [2.75, 3.05) is 7.11 Å². The van der Waals surface area contributed by atoms with Crippen LogP contribution in [0.4, 0.5) is 4.39 Å². The molecule has 0 radical (unpaired) electrons. The van der Waals surface area contributed by atoms with Crippen LogP contribution in [0.3, 0.4) is 0 Å². The number of hydrogen-bond acceptors (Lipinski definition) is 3. The largest absolute Gasteiger partial charge is 0.496 e. The van der Waals surface area contributed by atoms with E-state index >= 15 is 0 Å². The van der Waals surface area contributed by atoms with Gasteiger partial charge in [0.25, 0.3) is 0 Å². The summed E-state index contributed by atoms with van der Waals surface area (Å²) in [6.45, 7) is 4.97. The summed E-state index contributed by atoms with van der Waals surface area (Å²) in [7, 11) is 1.54. The highest BCUT2D eigenvalue weighted by atomic mass is 19.1. The van der Waals surface area contributed by atoms with Crippen LogP contribution < -0.4 is 4.74 Å². The Labute approximate surface area is 125 Å². The van der Waals surface area contributed by atoms with E-state index in [0.29, 0.717) is 11.3 Å². The van der Waals surface area contributed by atoms with Gasteiger partial charge >= 0.3 is 0 Å². The van der Waals surface area contributed by atoms with Crippen LogP contribution in [0, 0.1) is 6.92 Å². The molecular formula is C17H22FNO2. The van der Waals surface area contributed by atoms with Gasteiger partial charge in [-0.3, -0.25) is 0 Å². The van der Waals surface area contributed by atoms with Gasteiger partial charge in [0.2, 0.25) is 6.08 Å². The fraction of sp³-hybridized carbons (Fsp3) is 0.588. The lowest BCUT2D eigenvalue weighted by Gasteiger charge is -2.30. The zero-order chi connectivity index (χ0) is 15.7. The Bertz CT molecular complexity index is 577. The minimum absolute atomic E-state index is 0.498. The van der Waals surface area contributed by atoms with Crippen molar-refractivity contribution in [3.05, 3.63) is 28.8 Å². The van der Waals surface area contributed by atoms with Crippen LogP contribution in [0.5, 0.6) is 5.75 Å². The summed E-state index contributed by atoms with van der Waals surface area (Å²) in [5, 5.41) is 0. The highest BCUT2D eigenvalue weighted by molar-refractivity contribution is 5.54. The number of nitrogens with zero attached hydrogens (tertiary/aromatic N) is 1. The second-order valence-corrected chi connectivity index (χ2v) is 6.25. The molecule has 0 N–H and O–H groups in total. The number of aryl methyl sites for hydroxylation is 1. The Kier molecular flexibility index (Phi) is 4.20. The third-order valence-corrected chi connectivity index (χ3v) is 4.37. The fourth-order valence-electron chi connectivity index (χ4n) is 3.40. The second kappa shape index (κ2) is 5.61. The number of isocyanates is 1. The maximum Gasteiger partial charge on any atom is 0.235 e. The van der Waals surface area contributed by atoms with Crippen LogP contribution in [0.25, 0.3) is 0 Å². The van der Waals surface area contributed by atoms with Gasteiger partial charge in [0.15, 0.2) is 0 Å². The molecule has 0 saturated heterocycles. The number of ether oxygens (including phenoxy) is 1. The molecular weight excluding hydrogens is 269 g/mol. The molecule has 0 atom stereocenters. The molecule has 1 aromatic rings. The lowest BCUT2D eigenvalue weighted by atomic mass is 9.82. The summed E-state index contributed by atoms with van der Waals surface area (Å²) >= 11 is 0. The van der Waals surface area contributed by atoms with Crippen molar-refractivity contribution in [2.45, 2.75) is 57.7 Å². The third kappa shape index (κ3) is 2.73. The average Bonchev–Trinajstić information content (AvgIpc) is 2.86. The first kappa shape index (κ1) is 15.7. The molecule has 1 aromatic carbocycles. The van der Waals surface area contributed by atoms with Crippen LogP contribution in [0.2, 0.25) is 0 Å². The molecule has 1 aliphatic carbocycles. The standard InChI is InChI=1S/C17H22FNO2/c1-12-7-8-13(16(2,3)18)15(21-4)14(12)17(19-11-20)9-5-6-10-17/h7-8H,5-6,9-10H2,1-4H3. The highest BCUT2D eigenvalue weighted by Gasteiger charge is 2.41. The van der Waals surface area contributed by atoms with Crippen molar-refractivity contribution in [3.8, 4) is 5.75 Å². The van der Waals surface area contributed by atoms with Gasteiger partial charge in [0, 0.05) is 11.1 Å². The van der Waals surface area contributed by atoms with Crippen LogP contribution in [-0.2, 0) is 16.0 Å². The molecule has 1 fully saturated rings. The molecule has 0 bridgehead atoms. The molecule has 0 heterocycles. The van der Waals surface area contributed by atoms with Gasteiger partial charge in [-0.15, -0.1) is 0 Å². The molecule has 1 aliphatic rings. The summed E-state index contributed by atoms with van der Waals surface area (Å²) in [6, 6.07) is 3.64. The second-order valence-electron chi connectivity index (χ2n) is 6.25. The van der Waals surface area contributed by atoms with Crippen LogP contribution in [0.1, 0.15) is 56.2 Å². The first-order valence-electron chi connectivity index (χ1n) is 7.32. The lowest BCUT2D eigenvalue weighted by molar-refractivity contribution is 0.212. The number of halogens is 1. The predicted octanol–water partition coefficient (Wildman–Crippen LogP) is 4.31. The Morgan fingerprint density at radius 1 is 1.33 bits per heavy atom. The van der Waals surface area contributed by atoms with Gasteiger partial charge in [-0.1, -0.05) is 25.0 Å². The fourth-order valence-corrected chi connectivity index (χ4v) is 3.40. The average molecular weight is 291 g/mol. The van der Waals surface area contributed by atoms with E-state index in [2.05, 4.69) is 4.99 Å². The van der Waals surface area contributed by atoms with Crippen molar-refractivity contribution >= 4 is 6.08 Å². The number of benzene rings is 1. The molecule has 0 aromatic heterocycles. The van der Waals surface area contributed by atoms with Crippen LogP contribution in [-0.4, -0.2) is 13.2 Å². The quantitative estimate of drug-likeness (QED) is 0.612. The summed E-state index contributed by atoms with van der Waals surface area (Å²) in [6.07, 6.45) is 5.25. The van der Waals surface area contributed by atoms with E-state index in [-0.39, 0.29) is 0 Å². The summed E-state index contributed by atoms with van der Waals surface area (Å²) < 4.78 is 20.0. The summed E-state index contributed by atoms with van der Waals surface area (Å²) in [4.78, 5) is 15.0. The zero-order valence-electron chi connectivity index (χ0n) is 13.1. The number of methoxy groups -OCH3 is 1. The summed E-state index contributed by atoms with van der Waals surface area (Å²) in [5.74, 6) is 0.517.